The highest BCUT2D eigenvalue weighted by Crippen LogP contribution is 2.44. The predicted molar refractivity (Wildman–Crippen MR) is 96.9 cm³/mol. The van der Waals surface area contributed by atoms with Gasteiger partial charge in [-0.25, -0.2) is 18.7 Å². The van der Waals surface area contributed by atoms with Crippen LogP contribution >= 0.6 is 0 Å². The second-order valence-electron chi connectivity index (χ2n) is 7.95. The summed E-state index contributed by atoms with van der Waals surface area (Å²) in [5.41, 5.74) is 2.79. The lowest BCUT2D eigenvalue weighted by atomic mass is 9.81. The molecule has 2 aromatic heterocycles. The first-order valence-electron chi connectivity index (χ1n) is 9.60. The van der Waals surface area contributed by atoms with Crippen molar-refractivity contribution in [3.63, 3.8) is 0 Å². The van der Waals surface area contributed by atoms with Gasteiger partial charge in [0.15, 0.2) is 0 Å². The van der Waals surface area contributed by atoms with Crippen molar-refractivity contribution in [2.45, 2.75) is 70.1 Å². The fourth-order valence-electron chi connectivity index (χ4n) is 4.22. The molecule has 1 N–H and O–H groups in total. The van der Waals surface area contributed by atoms with Crippen molar-refractivity contribution in [2.75, 3.05) is 0 Å². The number of hydrogen-bond acceptors (Lipinski definition) is 4. The topological polar surface area (TPSA) is 60.2 Å². The van der Waals surface area contributed by atoms with Crippen LogP contribution in [0.15, 0.2) is 24.7 Å². The molecule has 146 valence electrons. The zero-order valence-electron chi connectivity index (χ0n) is 15.6. The number of halogens is 2. The smallest absolute Gasteiger partial charge is 0.248 e. The van der Waals surface area contributed by atoms with Crippen LogP contribution in [0.25, 0.3) is 11.3 Å². The number of alkyl halides is 2. The fraction of sp³-hybridized carbons (Fsp3) is 0.600. The largest absolute Gasteiger partial charge is 0.475 e. The van der Waals surface area contributed by atoms with Gasteiger partial charge in [-0.2, -0.15) is 0 Å². The molecular weight excluding hydrogens is 352 g/mol. The van der Waals surface area contributed by atoms with Crippen LogP contribution < -0.4 is 4.74 Å². The van der Waals surface area contributed by atoms with Crippen molar-refractivity contribution in [3.05, 3.63) is 30.4 Å². The second kappa shape index (κ2) is 6.86. The van der Waals surface area contributed by atoms with Gasteiger partial charge in [0, 0.05) is 30.9 Å². The van der Waals surface area contributed by atoms with Gasteiger partial charge in [-0.3, -0.25) is 0 Å². The average Bonchev–Trinajstić information content (AvgIpc) is 3.17. The SMILES string of the molecule is CC(C)Oc1ccc2c(n1)C(CC(O)C1CCC(F)(F)CC1)n1cncc1-2. The molecule has 0 aromatic carbocycles. The third kappa shape index (κ3) is 3.57. The summed E-state index contributed by atoms with van der Waals surface area (Å²) in [5, 5.41) is 10.8. The van der Waals surface area contributed by atoms with E-state index in [1.54, 1.807) is 12.5 Å². The molecule has 1 fully saturated rings. The molecule has 2 atom stereocenters. The molecule has 0 radical (unpaired) electrons. The lowest BCUT2D eigenvalue weighted by molar-refractivity contribution is -0.0639. The van der Waals surface area contributed by atoms with Gasteiger partial charge in [-0.15, -0.1) is 0 Å². The van der Waals surface area contributed by atoms with E-state index < -0.39 is 12.0 Å². The summed E-state index contributed by atoms with van der Waals surface area (Å²) >= 11 is 0. The molecule has 5 nitrogen and oxygen atoms in total. The summed E-state index contributed by atoms with van der Waals surface area (Å²) < 4.78 is 34.6. The molecule has 0 spiro atoms. The first-order chi connectivity index (χ1) is 12.8. The average molecular weight is 377 g/mol. The second-order valence-corrected chi connectivity index (χ2v) is 7.95. The lowest BCUT2D eigenvalue weighted by Gasteiger charge is -2.32. The van der Waals surface area contributed by atoms with E-state index in [4.69, 9.17) is 4.74 Å². The number of aliphatic hydroxyl groups is 1. The Labute approximate surface area is 157 Å². The summed E-state index contributed by atoms with van der Waals surface area (Å²) in [5.74, 6) is -2.13. The number of rotatable bonds is 5. The van der Waals surface area contributed by atoms with Gasteiger partial charge < -0.3 is 14.4 Å². The Morgan fingerprint density at radius 3 is 2.74 bits per heavy atom. The number of hydrogen-bond donors (Lipinski definition) is 1. The molecular formula is C20H25F2N3O2. The molecule has 7 heteroatoms. The van der Waals surface area contributed by atoms with Crippen LogP contribution in [-0.2, 0) is 0 Å². The number of nitrogens with zero attached hydrogens (tertiary/aromatic N) is 3. The van der Waals surface area contributed by atoms with Crippen LogP contribution in [-0.4, -0.2) is 37.8 Å². The van der Waals surface area contributed by atoms with E-state index in [1.807, 2.05) is 30.5 Å². The number of pyridine rings is 1. The number of imidazole rings is 1. The van der Waals surface area contributed by atoms with E-state index in [1.165, 1.54) is 0 Å². The van der Waals surface area contributed by atoms with Gasteiger partial charge in [-0.05, 0) is 38.7 Å². The van der Waals surface area contributed by atoms with Crippen molar-refractivity contribution >= 4 is 0 Å². The van der Waals surface area contributed by atoms with Crippen LogP contribution in [0.3, 0.4) is 0 Å². The maximum absolute atomic E-state index is 13.4. The highest BCUT2D eigenvalue weighted by Gasteiger charge is 2.39. The predicted octanol–water partition coefficient (Wildman–Crippen LogP) is 4.21. The molecule has 2 aromatic rings. The van der Waals surface area contributed by atoms with Crippen molar-refractivity contribution in [1.29, 1.82) is 0 Å². The van der Waals surface area contributed by atoms with Crippen molar-refractivity contribution < 1.29 is 18.6 Å². The van der Waals surface area contributed by atoms with Gasteiger partial charge in [0.05, 0.1) is 42.2 Å². The molecule has 27 heavy (non-hydrogen) atoms. The lowest BCUT2D eigenvalue weighted by Crippen LogP contribution is -2.32. The molecule has 4 rings (SSSR count). The Morgan fingerprint density at radius 2 is 2.04 bits per heavy atom. The molecule has 1 saturated carbocycles. The van der Waals surface area contributed by atoms with E-state index in [9.17, 15) is 13.9 Å². The van der Waals surface area contributed by atoms with Gasteiger partial charge >= 0.3 is 0 Å². The van der Waals surface area contributed by atoms with Crippen LogP contribution in [0.1, 0.15) is 57.7 Å². The molecule has 2 aliphatic rings. The van der Waals surface area contributed by atoms with Gasteiger partial charge in [0.1, 0.15) is 0 Å². The summed E-state index contributed by atoms with van der Waals surface area (Å²) in [6, 6.07) is 3.66. The standard InChI is InChI=1S/C20H25F2N3O2/c1-12(2)27-18-4-3-14-16-10-23-11-25(16)15(19(14)24-18)9-17(26)13-5-7-20(21,22)8-6-13/h3-4,10-13,15,17,26H,5-9H2,1-2H3. The van der Waals surface area contributed by atoms with Gasteiger partial charge in [-0.1, -0.05) is 0 Å². The Kier molecular flexibility index (Phi) is 4.66. The Hall–Kier alpha value is -2.02. The summed E-state index contributed by atoms with van der Waals surface area (Å²) in [6.07, 6.45) is 3.76. The van der Waals surface area contributed by atoms with E-state index >= 15 is 0 Å². The monoisotopic (exact) mass is 377 g/mol. The van der Waals surface area contributed by atoms with E-state index in [0.717, 1.165) is 17.0 Å². The summed E-state index contributed by atoms with van der Waals surface area (Å²) in [4.78, 5) is 8.91. The third-order valence-electron chi connectivity index (χ3n) is 5.62. The molecule has 0 bridgehead atoms. The Balaban J connectivity index is 1.56. The molecule has 2 unspecified atom stereocenters. The normalized spacial score (nSPS) is 22.5. The minimum absolute atomic E-state index is 0.0190. The fourth-order valence-corrected chi connectivity index (χ4v) is 4.22. The first-order valence-corrected chi connectivity index (χ1v) is 9.60. The maximum atomic E-state index is 13.4. The Morgan fingerprint density at radius 1 is 1.30 bits per heavy atom. The summed E-state index contributed by atoms with van der Waals surface area (Å²) in [7, 11) is 0. The van der Waals surface area contributed by atoms with Crippen LogP contribution in [0.2, 0.25) is 0 Å². The van der Waals surface area contributed by atoms with Crippen LogP contribution in [0, 0.1) is 5.92 Å². The van der Waals surface area contributed by atoms with Crippen molar-refractivity contribution in [3.8, 4) is 17.1 Å². The van der Waals surface area contributed by atoms with E-state index in [0.29, 0.717) is 25.1 Å². The zero-order valence-corrected chi connectivity index (χ0v) is 15.6. The molecule has 3 heterocycles. The number of aromatic nitrogens is 3. The highest BCUT2D eigenvalue weighted by molar-refractivity contribution is 5.67. The van der Waals surface area contributed by atoms with E-state index in [-0.39, 0.29) is 30.9 Å². The minimum Gasteiger partial charge on any atom is -0.475 e. The van der Waals surface area contributed by atoms with Crippen LogP contribution in [0.4, 0.5) is 8.78 Å². The molecule has 0 saturated heterocycles. The highest BCUT2D eigenvalue weighted by atomic mass is 19.3. The minimum atomic E-state index is -2.58. The van der Waals surface area contributed by atoms with E-state index in [2.05, 4.69) is 9.97 Å². The van der Waals surface area contributed by atoms with Crippen molar-refractivity contribution in [2.24, 2.45) is 5.92 Å². The number of fused-ring (bicyclic) bond motifs is 3. The van der Waals surface area contributed by atoms with Gasteiger partial charge in [0.25, 0.3) is 0 Å². The molecule has 1 aliphatic heterocycles. The Bertz CT molecular complexity index is 811. The molecule has 1 aliphatic carbocycles. The first kappa shape index (κ1) is 18.3. The van der Waals surface area contributed by atoms with Crippen LogP contribution in [0.5, 0.6) is 5.88 Å². The molecule has 0 amide bonds. The number of aliphatic hydroxyl groups excluding tert-OH is 1. The quantitative estimate of drug-likeness (QED) is 0.848. The van der Waals surface area contributed by atoms with Gasteiger partial charge in [0.2, 0.25) is 11.8 Å². The zero-order chi connectivity index (χ0) is 19.2. The summed E-state index contributed by atoms with van der Waals surface area (Å²) in [6.45, 7) is 3.89. The van der Waals surface area contributed by atoms with Crippen molar-refractivity contribution in [1.82, 2.24) is 14.5 Å². The maximum Gasteiger partial charge on any atom is 0.248 e. The third-order valence-corrected chi connectivity index (χ3v) is 5.62. The number of ether oxygens (including phenoxy) is 1.